The van der Waals surface area contributed by atoms with Gasteiger partial charge in [-0.2, -0.15) is 0 Å². The Morgan fingerprint density at radius 2 is 2.10 bits per heavy atom. The Morgan fingerprint density at radius 3 is 2.71 bits per heavy atom. The van der Waals surface area contributed by atoms with E-state index in [9.17, 15) is 5.11 Å². The first-order valence-corrected chi connectivity index (χ1v) is 8.52. The average molecular weight is 355 g/mol. The van der Waals surface area contributed by atoms with E-state index in [1.54, 1.807) is 0 Å². The number of aliphatic hydroxyl groups is 1. The van der Waals surface area contributed by atoms with E-state index >= 15 is 0 Å². The van der Waals surface area contributed by atoms with Gasteiger partial charge in [0.2, 0.25) is 0 Å². The standard InChI is InChI=1S/C17H27BrN2O/c1-12-7-8-20(11-16(12)21)15-6-5-14(18)9-13(15)10-19-17(2,3)4/h5-6,9,12,16,19,21H,7-8,10-11H2,1-4H3. The van der Waals surface area contributed by atoms with Gasteiger partial charge < -0.3 is 15.3 Å². The predicted octanol–water partition coefficient (Wildman–Crippen LogP) is 3.54. The number of piperidine rings is 1. The lowest BCUT2D eigenvalue weighted by molar-refractivity contribution is 0.103. The quantitative estimate of drug-likeness (QED) is 0.871. The summed E-state index contributed by atoms with van der Waals surface area (Å²) in [5.74, 6) is 0.396. The van der Waals surface area contributed by atoms with Crippen molar-refractivity contribution < 1.29 is 5.11 Å². The third kappa shape index (κ3) is 4.70. The van der Waals surface area contributed by atoms with Crippen LogP contribution in [0, 0.1) is 5.92 Å². The zero-order valence-corrected chi connectivity index (χ0v) is 15.1. The maximum atomic E-state index is 10.1. The van der Waals surface area contributed by atoms with Crippen LogP contribution in [0.15, 0.2) is 22.7 Å². The van der Waals surface area contributed by atoms with Crippen LogP contribution in [0.1, 0.15) is 39.7 Å². The van der Waals surface area contributed by atoms with Gasteiger partial charge in [0, 0.05) is 35.3 Å². The first-order valence-electron chi connectivity index (χ1n) is 7.73. The van der Waals surface area contributed by atoms with Crippen LogP contribution in [0.25, 0.3) is 0 Å². The van der Waals surface area contributed by atoms with E-state index in [4.69, 9.17) is 0 Å². The molecule has 1 aromatic rings. The number of anilines is 1. The Morgan fingerprint density at radius 1 is 1.38 bits per heavy atom. The molecule has 1 aliphatic rings. The maximum Gasteiger partial charge on any atom is 0.0741 e. The maximum absolute atomic E-state index is 10.1. The molecule has 0 bridgehead atoms. The molecule has 2 unspecified atom stereocenters. The van der Waals surface area contributed by atoms with Crippen molar-refractivity contribution in [3.8, 4) is 0 Å². The summed E-state index contributed by atoms with van der Waals surface area (Å²) in [6.45, 7) is 11.2. The number of benzene rings is 1. The van der Waals surface area contributed by atoms with Crippen molar-refractivity contribution in [1.29, 1.82) is 0 Å². The number of halogens is 1. The molecule has 1 fully saturated rings. The van der Waals surface area contributed by atoms with Crippen LogP contribution in [0.2, 0.25) is 0 Å². The first-order chi connectivity index (χ1) is 9.76. The summed E-state index contributed by atoms with van der Waals surface area (Å²) in [6, 6.07) is 6.42. The summed E-state index contributed by atoms with van der Waals surface area (Å²) in [4.78, 5) is 2.32. The Balaban J connectivity index is 2.18. The number of nitrogens with zero attached hydrogens (tertiary/aromatic N) is 1. The molecule has 0 amide bonds. The molecule has 0 radical (unpaired) electrons. The zero-order chi connectivity index (χ0) is 15.6. The molecule has 21 heavy (non-hydrogen) atoms. The molecule has 2 atom stereocenters. The highest BCUT2D eigenvalue weighted by Gasteiger charge is 2.25. The summed E-state index contributed by atoms with van der Waals surface area (Å²) in [5, 5.41) is 13.7. The van der Waals surface area contributed by atoms with E-state index in [0.717, 1.165) is 30.5 Å². The van der Waals surface area contributed by atoms with Crippen LogP contribution in [0.5, 0.6) is 0 Å². The highest BCUT2D eigenvalue weighted by molar-refractivity contribution is 9.10. The second-order valence-electron chi connectivity index (χ2n) is 7.16. The van der Waals surface area contributed by atoms with Crippen molar-refractivity contribution in [2.24, 2.45) is 5.92 Å². The minimum Gasteiger partial charge on any atom is -0.391 e. The molecule has 3 nitrogen and oxygen atoms in total. The molecule has 1 saturated heterocycles. The van der Waals surface area contributed by atoms with Gasteiger partial charge in [-0.15, -0.1) is 0 Å². The van der Waals surface area contributed by atoms with Gasteiger partial charge in [0.15, 0.2) is 0 Å². The number of nitrogens with one attached hydrogen (secondary N) is 1. The molecule has 2 rings (SSSR count). The normalized spacial score (nSPS) is 23.4. The predicted molar refractivity (Wildman–Crippen MR) is 92.7 cm³/mol. The number of β-amino-alcohol motifs (C(OH)–C–C–N with tert-alkyl or cyclic N) is 1. The largest absolute Gasteiger partial charge is 0.391 e. The van der Waals surface area contributed by atoms with E-state index < -0.39 is 0 Å². The lowest BCUT2D eigenvalue weighted by atomic mass is 9.95. The van der Waals surface area contributed by atoms with Crippen LogP contribution < -0.4 is 10.2 Å². The Kier molecular flexibility index (Phi) is 5.33. The average Bonchev–Trinajstić information content (AvgIpc) is 2.39. The SMILES string of the molecule is CC1CCN(c2ccc(Br)cc2CNC(C)(C)C)CC1O. The van der Waals surface area contributed by atoms with Gasteiger partial charge in [-0.3, -0.25) is 0 Å². The second kappa shape index (κ2) is 6.67. The summed E-state index contributed by atoms with van der Waals surface area (Å²) < 4.78 is 1.10. The van der Waals surface area contributed by atoms with E-state index in [2.05, 4.69) is 72.0 Å². The monoisotopic (exact) mass is 354 g/mol. The molecule has 1 aromatic carbocycles. The third-order valence-electron chi connectivity index (χ3n) is 4.11. The Hall–Kier alpha value is -0.580. The van der Waals surface area contributed by atoms with Crippen LogP contribution in [-0.4, -0.2) is 29.8 Å². The van der Waals surface area contributed by atoms with E-state index in [-0.39, 0.29) is 11.6 Å². The molecule has 1 heterocycles. The fourth-order valence-electron chi connectivity index (χ4n) is 2.63. The number of rotatable bonds is 3. The van der Waals surface area contributed by atoms with E-state index in [1.165, 1.54) is 11.3 Å². The lowest BCUT2D eigenvalue weighted by Crippen LogP contribution is -2.43. The van der Waals surface area contributed by atoms with E-state index in [1.807, 2.05) is 0 Å². The van der Waals surface area contributed by atoms with Gasteiger partial charge in [-0.1, -0.05) is 22.9 Å². The molecular formula is C17H27BrN2O. The number of hydrogen-bond acceptors (Lipinski definition) is 3. The Bertz CT molecular complexity index is 484. The van der Waals surface area contributed by atoms with Crippen LogP contribution in [0.4, 0.5) is 5.69 Å². The van der Waals surface area contributed by atoms with E-state index in [0.29, 0.717) is 5.92 Å². The molecule has 1 aliphatic heterocycles. The number of aliphatic hydroxyl groups excluding tert-OH is 1. The Labute approximate surface area is 136 Å². The number of hydrogen-bond donors (Lipinski definition) is 2. The minimum atomic E-state index is -0.231. The van der Waals surface area contributed by atoms with Crippen molar-refractivity contribution in [2.45, 2.75) is 52.3 Å². The fourth-order valence-corrected chi connectivity index (χ4v) is 3.04. The molecular weight excluding hydrogens is 328 g/mol. The molecule has 0 spiro atoms. The zero-order valence-electron chi connectivity index (χ0n) is 13.5. The highest BCUT2D eigenvalue weighted by Crippen LogP contribution is 2.29. The topological polar surface area (TPSA) is 35.5 Å². The van der Waals surface area contributed by atoms with Gasteiger partial charge in [0.05, 0.1) is 6.10 Å². The van der Waals surface area contributed by atoms with Crippen molar-refractivity contribution in [2.75, 3.05) is 18.0 Å². The van der Waals surface area contributed by atoms with Crippen molar-refractivity contribution in [3.63, 3.8) is 0 Å². The van der Waals surface area contributed by atoms with Gasteiger partial charge >= 0.3 is 0 Å². The highest BCUT2D eigenvalue weighted by atomic mass is 79.9. The summed E-state index contributed by atoms with van der Waals surface area (Å²) in [5.41, 5.74) is 2.61. The van der Waals surface area contributed by atoms with Gasteiger partial charge in [-0.05, 0) is 56.9 Å². The molecule has 0 saturated carbocycles. The summed E-state index contributed by atoms with van der Waals surface area (Å²) >= 11 is 3.57. The lowest BCUT2D eigenvalue weighted by Gasteiger charge is -2.37. The van der Waals surface area contributed by atoms with Crippen LogP contribution >= 0.6 is 15.9 Å². The summed E-state index contributed by atoms with van der Waals surface area (Å²) in [7, 11) is 0. The molecule has 2 N–H and O–H groups in total. The third-order valence-corrected chi connectivity index (χ3v) is 4.60. The van der Waals surface area contributed by atoms with Gasteiger partial charge in [0.25, 0.3) is 0 Å². The smallest absolute Gasteiger partial charge is 0.0741 e. The second-order valence-corrected chi connectivity index (χ2v) is 8.07. The van der Waals surface area contributed by atoms with Crippen molar-refractivity contribution >= 4 is 21.6 Å². The van der Waals surface area contributed by atoms with Crippen molar-refractivity contribution in [1.82, 2.24) is 5.32 Å². The summed E-state index contributed by atoms with van der Waals surface area (Å²) in [6.07, 6.45) is 0.814. The molecule has 0 aliphatic carbocycles. The van der Waals surface area contributed by atoms with Crippen LogP contribution in [0.3, 0.4) is 0 Å². The van der Waals surface area contributed by atoms with Crippen molar-refractivity contribution in [3.05, 3.63) is 28.2 Å². The molecule has 118 valence electrons. The van der Waals surface area contributed by atoms with Gasteiger partial charge in [0.1, 0.15) is 0 Å². The first kappa shape index (κ1) is 16.8. The molecule has 0 aromatic heterocycles. The molecule has 4 heteroatoms. The minimum absolute atomic E-state index is 0.0928. The fraction of sp³-hybridized carbons (Fsp3) is 0.647. The van der Waals surface area contributed by atoms with Gasteiger partial charge in [-0.25, -0.2) is 0 Å². The van der Waals surface area contributed by atoms with Crippen LogP contribution in [-0.2, 0) is 6.54 Å².